The summed E-state index contributed by atoms with van der Waals surface area (Å²) in [5.74, 6) is 0. The van der Waals surface area contributed by atoms with Gasteiger partial charge in [0.25, 0.3) is 0 Å². The van der Waals surface area contributed by atoms with E-state index in [1.807, 2.05) is 31.2 Å². The Morgan fingerprint density at radius 1 is 1.29 bits per heavy atom. The van der Waals surface area contributed by atoms with Crippen LogP contribution < -0.4 is 0 Å². The zero-order valence-corrected chi connectivity index (χ0v) is 15.0. The number of thiophene rings is 1. The zero-order valence-electron chi connectivity index (χ0n) is 8.88. The van der Waals surface area contributed by atoms with Crippen molar-refractivity contribution >= 4 is 65.8 Å². The zero-order chi connectivity index (χ0) is 12.6. The van der Waals surface area contributed by atoms with E-state index in [9.17, 15) is 5.11 Å². The number of rotatable bonds is 2. The molecule has 0 spiro atoms. The van der Waals surface area contributed by atoms with Gasteiger partial charge in [0, 0.05) is 18.5 Å². The first-order valence-electron chi connectivity index (χ1n) is 4.88. The van der Waals surface area contributed by atoms with E-state index in [2.05, 4.69) is 54.5 Å². The number of hydrogen-bond acceptors (Lipinski definition) is 2. The molecule has 0 fully saturated rings. The van der Waals surface area contributed by atoms with Crippen molar-refractivity contribution in [3.63, 3.8) is 0 Å². The van der Waals surface area contributed by atoms with E-state index in [0.29, 0.717) is 0 Å². The van der Waals surface area contributed by atoms with Gasteiger partial charge in [0.05, 0.1) is 3.79 Å². The first-order chi connectivity index (χ1) is 7.99. The molecule has 1 atom stereocenters. The monoisotopic (exact) mass is 486 g/mol. The number of aryl methyl sites for hydroxylation is 1. The van der Waals surface area contributed by atoms with Gasteiger partial charge in [0.15, 0.2) is 0 Å². The van der Waals surface area contributed by atoms with Gasteiger partial charge in [-0.05, 0) is 75.3 Å². The SMILES string of the molecule is Cc1cc(C(O)c2cc(I)ccc2Br)sc1Br. The molecule has 0 aliphatic carbocycles. The second kappa shape index (κ2) is 5.69. The van der Waals surface area contributed by atoms with Crippen LogP contribution in [0.15, 0.2) is 32.5 Å². The molecule has 1 heterocycles. The summed E-state index contributed by atoms with van der Waals surface area (Å²) >= 11 is 10.8. The smallest absolute Gasteiger partial charge is 0.114 e. The molecule has 1 unspecified atom stereocenters. The maximum Gasteiger partial charge on any atom is 0.114 e. The molecular formula is C12H9Br2IOS. The standard InChI is InChI=1S/C12H9Br2IOS/c1-6-4-10(17-12(6)14)11(16)8-5-7(15)2-3-9(8)13/h2-5,11,16H,1H3. The Bertz CT molecular complexity index is 534. The van der Waals surface area contributed by atoms with Crippen LogP contribution in [-0.4, -0.2) is 5.11 Å². The predicted molar refractivity (Wildman–Crippen MR) is 87.7 cm³/mol. The summed E-state index contributed by atoms with van der Waals surface area (Å²) < 4.78 is 3.13. The van der Waals surface area contributed by atoms with Crippen molar-refractivity contribution in [2.75, 3.05) is 0 Å². The fourth-order valence-electron chi connectivity index (χ4n) is 1.50. The minimum Gasteiger partial charge on any atom is -0.383 e. The summed E-state index contributed by atoms with van der Waals surface area (Å²) in [4.78, 5) is 0.956. The second-order valence-electron chi connectivity index (χ2n) is 3.67. The number of halogens is 3. The molecule has 5 heteroatoms. The Morgan fingerprint density at radius 3 is 2.59 bits per heavy atom. The molecule has 17 heavy (non-hydrogen) atoms. The average Bonchev–Trinajstić information content (AvgIpc) is 2.62. The van der Waals surface area contributed by atoms with Crippen LogP contribution in [-0.2, 0) is 0 Å². The third kappa shape index (κ3) is 3.12. The summed E-state index contributed by atoms with van der Waals surface area (Å²) in [6.45, 7) is 2.03. The molecule has 2 rings (SSSR count). The van der Waals surface area contributed by atoms with Crippen LogP contribution in [0.2, 0.25) is 0 Å². The first-order valence-corrected chi connectivity index (χ1v) is 8.36. The molecule has 1 aromatic heterocycles. The molecule has 0 aliphatic heterocycles. The van der Waals surface area contributed by atoms with E-state index in [1.165, 1.54) is 0 Å². The normalized spacial score (nSPS) is 12.8. The van der Waals surface area contributed by atoms with Crippen molar-refractivity contribution in [3.8, 4) is 0 Å². The lowest BCUT2D eigenvalue weighted by atomic mass is 10.1. The minimum atomic E-state index is -0.575. The summed E-state index contributed by atoms with van der Waals surface area (Å²) in [7, 11) is 0. The van der Waals surface area contributed by atoms with Crippen LogP contribution in [0.5, 0.6) is 0 Å². The molecule has 0 amide bonds. The molecule has 0 saturated heterocycles. The van der Waals surface area contributed by atoms with Crippen LogP contribution in [0, 0.1) is 10.5 Å². The number of aliphatic hydroxyl groups excluding tert-OH is 1. The van der Waals surface area contributed by atoms with Gasteiger partial charge in [-0.1, -0.05) is 15.9 Å². The predicted octanol–water partition coefficient (Wildman–Crippen LogP) is 5.27. The van der Waals surface area contributed by atoms with Crippen LogP contribution in [0.3, 0.4) is 0 Å². The third-order valence-electron chi connectivity index (χ3n) is 2.40. The van der Waals surface area contributed by atoms with Crippen molar-refractivity contribution in [1.29, 1.82) is 0 Å². The minimum absolute atomic E-state index is 0.575. The van der Waals surface area contributed by atoms with E-state index in [4.69, 9.17) is 0 Å². The first kappa shape index (κ1) is 14.0. The Hall–Kier alpha value is 0.570. The van der Waals surface area contributed by atoms with Crippen molar-refractivity contribution in [1.82, 2.24) is 0 Å². The van der Waals surface area contributed by atoms with E-state index in [-0.39, 0.29) is 0 Å². The molecule has 1 aromatic carbocycles. The highest BCUT2D eigenvalue weighted by Gasteiger charge is 2.17. The van der Waals surface area contributed by atoms with E-state index < -0.39 is 6.10 Å². The van der Waals surface area contributed by atoms with Gasteiger partial charge < -0.3 is 5.11 Å². The Morgan fingerprint density at radius 2 is 2.00 bits per heavy atom. The Kier molecular flexibility index (Phi) is 4.68. The molecule has 0 aliphatic rings. The molecule has 0 saturated carbocycles. The van der Waals surface area contributed by atoms with E-state index >= 15 is 0 Å². The van der Waals surface area contributed by atoms with Crippen LogP contribution >= 0.6 is 65.8 Å². The summed E-state index contributed by atoms with van der Waals surface area (Å²) in [5.41, 5.74) is 2.07. The molecule has 0 radical (unpaired) electrons. The maximum absolute atomic E-state index is 10.4. The summed E-state index contributed by atoms with van der Waals surface area (Å²) in [6, 6.07) is 8.00. The van der Waals surface area contributed by atoms with Crippen LogP contribution in [0.1, 0.15) is 22.1 Å². The number of aliphatic hydroxyl groups is 1. The lowest BCUT2D eigenvalue weighted by molar-refractivity contribution is 0.223. The highest BCUT2D eigenvalue weighted by atomic mass is 127. The second-order valence-corrected chi connectivity index (χ2v) is 8.18. The van der Waals surface area contributed by atoms with Gasteiger partial charge in [-0.3, -0.25) is 0 Å². The molecule has 1 N–H and O–H groups in total. The Labute approximate surface area is 135 Å². The Balaban J connectivity index is 2.42. The van der Waals surface area contributed by atoms with Gasteiger partial charge in [-0.25, -0.2) is 0 Å². The van der Waals surface area contributed by atoms with Gasteiger partial charge >= 0.3 is 0 Å². The summed E-state index contributed by atoms with van der Waals surface area (Å²) in [5, 5.41) is 10.4. The molecule has 2 aromatic rings. The van der Waals surface area contributed by atoms with Crippen molar-refractivity contribution in [2.45, 2.75) is 13.0 Å². The highest BCUT2D eigenvalue weighted by Crippen LogP contribution is 2.36. The topological polar surface area (TPSA) is 20.2 Å². The van der Waals surface area contributed by atoms with Gasteiger partial charge in [0.1, 0.15) is 6.10 Å². The summed E-state index contributed by atoms with van der Waals surface area (Å²) in [6.07, 6.45) is -0.575. The van der Waals surface area contributed by atoms with Crippen LogP contribution in [0.25, 0.3) is 0 Å². The largest absolute Gasteiger partial charge is 0.383 e. The lowest BCUT2D eigenvalue weighted by Crippen LogP contribution is -1.98. The average molecular weight is 488 g/mol. The number of benzene rings is 1. The molecule has 1 nitrogen and oxygen atoms in total. The highest BCUT2D eigenvalue weighted by molar-refractivity contribution is 14.1. The van der Waals surface area contributed by atoms with E-state index in [1.54, 1.807) is 11.3 Å². The quantitative estimate of drug-likeness (QED) is 0.572. The van der Waals surface area contributed by atoms with Crippen molar-refractivity contribution in [2.24, 2.45) is 0 Å². The fraction of sp³-hybridized carbons (Fsp3) is 0.167. The van der Waals surface area contributed by atoms with Crippen LogP contribution in [0.4, 0.5) is 0 Å². The van der Waals surface area contributed by atoms with Crippen molar-refractivity contribution in [3.05, 3.63) is 52.1 Å². The molecular weight excluding hydrogens is 479 g/mol. The van der Waals surface area contributed by atoms with Gasteiger partial charge in [-0.15, -0.1) is 11.3 Å². The van der Waals surface area contributed by atoms with Crippen molar-refractivity contribution < 1.29 is 5.11 Å². The third-order valence-corrected chi connectivity index (χ3v) is 5.98. The van der Waals surface area contributed by atoms with E-state index in [0.717, 1.165) is 27.8 Å². The lowest BCUT2D eigenvalue weighted by Gasteiger charge is -2.11. The molecule has 90 valence electrons. The fourth-order valence-corrected chi connectivity index (χ4v) is 4.05. The van der Waals surface area contributed by atoms with Gasteiger partial charge in [-0.2, -0.15) is 0 Å². The maximum atomic E-state index is 10.4. The molecule has 0 bridgehead atoms. The number of hydrogen-bond donors (Lipinski definition) is 1. The van der Waals surface area contributed by atoms with Gasteiger partial charge in [0.2, 0.25) is 0 Å².